The molecule has 16 nitrogen and oxygen atoms in total. The molecular formula is C30H30ClN5O11S. The zero-order valence-electron chi connectivity index (χ0n) is 25.4. The molecular weight excluding hydrogens is 674 g/mol. The van der Waals surface area contributed by atoms with Crippen molar-refractivity contribution in [3.8, 4) is 0 Å². The van der Waals surface area contributed by atoms with E-state index in [2.05, 4.69) is 10.6 Å². The Balaban J connectivity index is 1.27. The Morgan fingerprint density at radius 3 is 2.35 bits per heavy atom. The molecule has 1 fully saturated rings. The van der Waals surface area contributed by atoms with Crippen LogP contribution in [0.5, 0.6) is 0 Å². The maximum Gasteiger partial charge on any atom is 0.356 e. The van der Waals surface area contributed by atoms with Crippen LogP contribution in [0.25, 0.3) is 0 Å². The molecule has 0 aromatic heterocycles. The summed E-state index contributed by atoms with van der Waals surface area (Å²) in [5, 5.41) is 26.5. The second-order valence-corrected chi connectivity index (χ2v) is 12.2. The van der Waals surface area contributed by atoms with Gasteiger partial charge in [-0.2, -0.15) is 0 Å². The van der Waals surface area contributed by atoms with E-state index in [1.807, 2.05) is 0 Å². The SMILES string of the molecule is CCC(=O)NC(CCCC(=O)NC1C(=O)N2C(C(=O)OCc3ccc([N+](=O)[O-])cc3)=C(Cl)CS[C@H]12)C(=O)OCc1cccc([N+](=O)[O-])c1. The summed E-state index contributed by atoms with van der Waals surface area (Å²) in [5.74, 6) is -2.94. The van der Waals surface area contributed by atoms with Crippen LogP contribution in [0.2, 0.25) is 0 Å². The molecule has 2 unspecified atom stereocenters. The second-order valence-electron chi connectivity index (χ2n) is 10.6. The summed E-state index contributed by atoms with van der Waals surface area (Å²) in [4.78, 5) is 85.4. The van der Waals surface area contributed by atoms with Gasteiger partial charge in [-0.25, -0.2) is 9.59 Å². The van der Waals surface area contributed by atoms with Crippen molar-refractivity contribution in [1.29, 1.82) is 0 Å². The number of benzene rings is 2. The van der Waals surface area contributed by atoms with Crippen LogP contribution in [-0.4, -0.2) is 67.6 Å². The minimum absolute atomic E-state index is 0.0406. The van der Waals surface area contributed by atoms with Gasteiger partial charge in [-0.3, -0.25) is 39.5 Å². The van der Waals surface area contributed by atoms with Crippen LogP contribution >= 0.6 is 23.4 Å². The van der Waals surface area contributed by atoms with E-state index in [9.17, 15) is 44.2 Å². The summed E-state index contributed by atoms with van der Waals surface area (Å²) in [7, 11) is 0. The molecule has 0 saturated carbocycles. The number of carbonyl (C=O) groups is 5. The van der Waals surface area contributed by atoms with Crippen LogP contribution in [0.15, 0.2) is 59.3 Å². The van der Waals surface area contributed by atoms with Crippen LogP contribution in [0.4, 0.5) is 11.4 Å². The molecule has 2 N–H and O–H groups in total. The Morgan fingerprint density at radius 1 is 1.00 bits per heavy atom. The summed E-state index contributed by atoms with van der Waals surface area (Å²) in [6.07, 6.45) is 0.178. The normalized spacial score (nSPS) is 17.4. The van der Waals surface area contributed by atoms with Crippen LogP contribution < -0.4 is 10.6 Å². The predicted octanol–water partition coefficient (Wildman–Crippen LogP) is 3.21. The highest BCUT2D eigenvalue weighted by Gasteiger charge is 2.54. The van der Waals surface area contributed by atoms with Gasteiger partial charge in [0.15, 0.2) is 0 Å². The number of fused-ring (bicyclic) bond motifs is 1. The van der Waals surface area contributed by atoms with Crippen LogP contribution in [0.3, 0.4) is 0 Å². The van der Waals surface area contributed by atoms with E-state index in [1.165, 1.54) is 54.2 Å². The maximum atomic E-state index is 13.0. The number of nitro benzene ring substituents is 2. The number of hydrogen-bond acceptors (Lipinski definition) is 12. The molecule has 0 radical (unpaired) electrons. The van der Waals surface area contributed by atoms with E-state index < -0.39 is 57.0 Å². The molecule has 2 aromatic rings. The maximum absolute atomic E-state index is 13.0. The van der Waals surface area contributed by atoms with Gasteiger partial charge < -0.3 is 20.1 Å². The molecule has 2 aliphatic heterocycles. The third-order valence-electron chi connectivity index (χ3n) is 7.29. The first-order valence-electron chi connectivity index (χ1n) is 14.6. The fourth-order valence-corrected chi connectivity index (χ4v) is 6.32. The van der Waals surface area contributed by atoms with Crippen molar-refractivity contribution in [3.63, 3.8) is 0 Å². The standard InChI is InChI=1S/C30H30ClN5O11S/c1-2-23(37)32-22(29(40)46-15-18-5-3-6-20(13-18)36(44)45)7-4-8-24(38)33-25-27(39)34-26(21(31)16-48-28(25)34)30(41)47-14-17-9-11-19(12-10-17)35(42)43/h3,5-6,9-13,22,25,28H,2,4,7-8,14-16H2,1H3,(H,32,37)(H,33,38)/t22?,25?,28-/m1/s1. The fraction of sp³-hybridized carbons (Fsp3) is 0.367. The van der Waals surface area contributed by atoms with Gasteiger partial charge >= 0.3 is 11.9 Å². The molecule has 0 spiro atoms. The largest absolute Gasteiger partial charge is 0.459 e. The average molecular weight is 704 g/mol. The zero-order valence-corrected chi connectivity index (χ0v) is 27.0. The Kier molecular flexibility index (Phi) is 12.1. The number of nitrogens with zero attached hydrogens (tertiary/aromatic N) is 3. The Bertz CT molecular complexity index is 1650. The van der Waals surface area contributed by atoms with Crippen LogP contribution in [0, 0.1) is 20.2 Å². The number of ether oxygens (including phenoxy) is 2. The summed E-state index contributed by atoms with van der Waals surface area (Å²) in [5.41, 5.74) is 0.438. The van der Waals surface area contributed by atoms with Gasteiger partial charge in [-0.05, 0) is 36.1 Å². The van der Waals surface area contributed by atoms with Gasteiger partial charge in [0, 0.05) is 42.9 Å². The fourth-order valence-electron chi connectivity index (χ4n) is 4.78. The Labute approximate surface area is 282 Å². The van der Waals surface area contributed by atoms with E-state index in [-0.39, 0.29) is 66.8 Å². The Hall–Kier alpha value is -5.03. The number of nitrogens with one attached hydrogen (secondary N) is 2. The number of non-ortho nitro benzene ring substituents is 2. The molecule has 0 aliphatic carbocycles. The van der Waals surface area contributed by atoms with Gasteiger partial charge in [0.25, 0.3) is 17.3 Å². The molecule has 18 heteroatoms. The highest BCUT2D eigenvalue weighted by molar-refractivity contribution is 8.00. The highest BCUT2D eigenvalue weighted by Crippen LogP contribution is 2.41. The number of halogens is 1. The number of amides is 3. The monoisotopic (exact) mass is 703 g/mol. The smallest absolute Gasteiger partial charge is 0.356 e. The first kappa shape index (κ1) is 35.8. The van der Waals surface area contributed by atoms with Crippen molar-refractivity contribution < 1.29 is 43.3 Å². The number of hydrogen-bond donors (Lipinski definition) is 2. The molecule has 2 heterocycles. The molecule has 4 rings (SSSR count). The first-order valence-corrected chi connectivity index (χ1v) is 16.0. The Morgan fingerprint density at radius 2 is 1.69 bits per heavy atom. The molecule has 48 heavy (non-hydrogen) atoms. The van der Waals surface area contributed by atoms with Crippen molar-refractivity contribution >= 4 is 64.4 Å². The lowest BCUT2D eigenvalue weighted by Gasteiger charge is -2.49. The van der Waals surface area contributed by atoms with Gasteiger partial charge in [0.05, 0.1) is 14.9 Å². The van der Waals surface area contributed by atoms with Crippen molar-refractivity contribution in [2.75, 3.05) is 5.75 Å². The van der Waals surface area contributed by atoms with E-state index in [0.29, 0.717) is 11.1 Å². The molecule has 3 amide bonds. The average Bonchev–Trinajstić information content (AvgIpc) is 3.08. The van der Waals surface area contributed by atoms with Crippen molar-refractivity contribution in [2.45, 2.75) is 63.3 Å². The molecule has 2 aromatic carbocycles. The zero-order chi connectivity index (χ0) is 35.0. The highest BCUT2D eigenvalue weighted by atomic mass is 35.5. The minimum Gasteiger partial charge on any atom is -0.459 e. The van der Waals surface area contributed by atoms with Crippen LogP contribution in [-0.2, 0) is 46.7 Å². The van der Waals surface area contributed by atoms with E-state index in [0.717, 1.165) is 4.90 Å². The lowest BCUT2D eigenvalue weighted by atomic mass is 10.0. The van der Waals surface area contributed by atoms with Crippen molar-refractivity contribution in [1.82, 2.24) is 15.5 Å². The van der Waals surface area contributed by atoms with E-state index in [4.69, 9.17) is 21.1 Å². The molecule has 2 aliphatic rings. The topological polar surface area (TPSA) is 217 Å². The molecule has 0 bridgehead atoms. The van der Waals surface area contributed by atoms with Gasteiger partial charge in [0.1, 0.15) is 36.4 Å². The lowest BCUT2D eigenvalue weighted by Crippen LogP contribution is -2.70. The molecule has 3 atom stereocenters. The number of nitro groups is 2. The van der Waals surface area contributed by atoms with Crippen molar-refractivity contribution in [3.05, 3.63) is 90.6 Å². The molecule has 254 valence electrons. The number of rotatable bonds is 15. The number of esters is 2. The lowest BCUT2D eigenvalue weighted by molar-refractivity contribution is -0.385. The first-order chi connectivity index (χ1) is 22.9. The van der Waals surface area contributed by atoms with Gasteiger partial charge in [-0.1, -0.05) is 30.7 Å². The van der Waals surface area contributed by atoms with Gasteiger partial charge in [0.2, 0.25) is 11.8 Å². The predicted molar refractivity (Wildman–Crippen MR) is 170 cm³/mol. The van der Waals surface area contributed by atoms with E-state index in [1.54, 1.807) is 13.0 Å². The quantitative estimate of drug-likeness (QED) is 0.118. The van der Waals surface area contributed by atoms with Crippen molar-refractivity contribution in [2.24, 2.45) is 0 Å². The summed E-state index contributed by atoms with van der Waals surface area (Å²) >= 11 is 7.53. The summed E-state index contributed by atoms with van der Waals surface area (Å²) in [6.45, 7) is 1.12. The third-order valence-corrected chi connectivity index (χ3v) is 9.04. The summed E-state index contributed by atoms with van der Waals surface area (Å²) in [6, 6.07) is 8.96. The van der Waals surface area contributed by atoms with Crippen LogP contribution in [0.1, 0.15) is 43.7 Å². The second kappa shape index (κ2) is 16.2. The minimum atomic E-state index is -1.08. The van der Waals surface area contributed by atoms with E-state index >= 15 is 0 Å². The number of thioether (sulfide) groups is 1. The summed E-state index contributed by atoms with van der Waals surface area (Å²) < 4.78 is 10.6. The third kappa shape index (κ3) is 8.86. The molecule has 1 saturated heterocycles. The number of β-lactam (4-membered cyclic amide) rings is 1. The number of carbonyl (C=O) groups excluding carboxylic acids is 5. The van der Waals surface area contributed by atoms with Gasteiger partial charge in [-0.15, -0.1) is 11.8 Å².